The first-order valence-electron chi connectivity index (χ1n) is 10.8. The summed E-state index contributed by atoms with van der Waals surface area (Å²) in [7, 11) is 1.60. The minimum atomic E-state index is -3.15. The van der Waals surface area contributed by atoms with Gasteiger partial charge in [0, 0.05) is 36.3 Å². The molecule has 0 radical (unpaired) electrons. The van der Waals surface area contributed by atoms with Crippen LogP contribution < -0.4 is 29.2 Å². The standard InChI is InChI=1S/C24H28F2N2O4/c1-13-16-11-23(3,4)32-21(16)20(29-5)14(2)19(13)28-9-8-27-24(25,26)22(28)15-6-7-17-18(10-15)31-12-30-17/h6-7,10,22,27H,8-9,11-12H2,1-5H3. The van der Waals surface area contributed by atoms with Crippen LogP contribution in [-0.4, -0.2) is 38.6 Å². The lowest BCUT2D eigenvalue weighted by molar-refractivity contribution is -0.0725. The van der Waals surface area contributed by atoms with Gasteiger partial charge in [-0.1, -0.05) is 6.07 Å². The van der Waals surface area contributed by atoms with Crippen LogP contribution in [-0.2, 0) is 6.42 Å². The first-order valence-corrected chi connectivity index (χ1v) is 10.8. The Hall–Kier alpha value is -2.74. The van der Waals surface area contributed by atoms with Gasteiger partial charge in [0.25, 0.3) is 0 Å². The van der Waals surface area contributed by atoms with Crippen LogP contribution in [0.3, 0.4) is 0 Å². The highest BCUT2D eigenvalue weighted by Gasteiger charge is 2.49. The van der Waals surface area contributed by atoms with Gasteiger partial charge in [0.2, 0.25) is 6.79 Å². The van der Waals surface area contributed by atoms with Crippen molar-refractivity contribution in [2.75, 3.05) is 31.9 Å². The number of piperazine rings is 1. The average molecular weight is 446 g/mol. The van der Waals surface area contributed by atoms with Crippen molar-refractivity contribution in [3.05, 3.63) is 40.5 Å². The lowest BCUT2D eigenvalue weighted by atomic mass is 9.91. The normalized spacial score (nSPS) is 22.5. The van der Waals surface area contributed by atoms with Crippen molar-refractivity contribution in [2.45, 2.75) is 51.8 Å². The molecule has 0 saturated carbocycles. The van der Waals surface area contributed by atoms with E-state index in [9.17, 15) is 0 Å². The Labute approximate surface area is 186 Å². The molecule has 1 N–H and O–H groups in total. The van der Waals surface area contributed by atoms with Crippen LogP contribution in [0.25, 0.3) is 0 Å². The third-order valence-electron chi connectivity index (χ3n) is 6.54. The van der Waals surface area contributed by atoms with Crippen LogP contribution in [0.4, 0.5) is 14.5 Å². The average Bonchev–Trinajstić information content (AvgIpc) is 3.31. The summed E-state index contributed by atoms with van der Waals surface area (Å²) in [5.41, 5.74) is 3.61. The molecule has 3 aliphatic heterocycles. The number of nitrogens with one attached hydrogen (secondary N) is 1. The van der Waals surface area contributed by atoms with Crippen molar-refractivity contribution >= 4 is 5.69 Å². The third kappa shape index (κ3) is 3.15. The zero-order valence-electron chi connectivity index (χ0n) is 19.0. The number of rotatable bonds is 3. The van der Waals surface area contributed by atoms with Gasteiger partial charge in [-0.25, -0.2) is 0 Å². The van der Waals surface area contributed by atoms with Crippen molar-refractivity contribution in [3.8, 4) is 23.0 Å². The Balaban J connectivity index is 1.68. The van der Waals surface area contributed by atoms with Crippen molar-refractivity contribution < 1.29 is 27.7 Å². The molecule has 1 unspecified atom stereocenters. The predicted octanol–water partition coefficient (Wildman–Crippen LogP) is 4.50. The zero-order valence-corrected chi connectivity index (χ0v) is 19.0. The molecule has 2 aromatic rings. The zero-order chi connectivity index (χ0) is 22.8. The van der Waals surface area contributed by atoms with Gasteiger partial charge in [-0.15, -0.1) is 0 Å². The number of fused-ring (bicyclic) bond motifs is 2. The molecular weight excluding hydrogens is 418 g/mol. The molecule has 8 heteroatoms. The van der Waals surface area contributed by atoms with Crippen LogP contribution in [0.1, 0.15) is 42.1 Å². The summed E-state index contributed by atoms with van der Waals surface area (Å²) in [5.74, 6) is 2.38. The molecule has 2 aromatic carbocycles. The summed E-state index contributed by atoms with van der Waals surface area (Å²) in [6.45, 7) is 8.62. The van der Waals surface area contributed by atoms with Gasteiger partial charge in [0.1, 0.15) is 11.6 Å². The second kappa shape index (κ2) is 7.13. The SMILES string of the molecule is COc1c(C)c(N2CCNC(F)(F)C2c2ccc3c(c2)OCO3)c(C)c2c1OC(C)(C)C2. The summed E-state index contributed by atoms with van der Waals surface area (Å²) in [6.07, 6.45) is 0.689. The quantitative estimate of drug-likeness (QED) is 0.701. The van der Waals surface area contributed by atoms with E-state index in [1.54, 1.807) is 30.2 Å². The fourth-order valence-corrected chi connectivity index (χ4v) is 5.22. The van der Waals surface area contributed by atoms with Crippen LogP contribution in [0.5, 0.6) is 23.0 Å². The van der Waals surface area contributed by atoms with Gasteiger partial charge in [-0.2, -0.15) is 8.78 Å². The second-order valence-electron chi connectivity index (χ2n) is 9.24. The number of hydrogen-bond donors (Lipinski definition) is 1. The van der Waals surface area contributed by atoms with Crippen LogP contribution in [0, 0.1) is 13.8 Å². The van der Waals surface area contributed by atoms with E-state index in [-0.39, 0.29) is 18.9 Å². The molecule has 0 spiro atoms. The molecule has 1 saturated heterocycles. The summed E-state index contributed by atoms with van der Waals surface area (Å²) in [6, 6.07) is 0.670. The van der Waals surface area contributed by atoms with Gasteiger partial charge in [0.15, 0.2) is 23.0 Å². The molecule has 32 heavy (non-hydrogen) atoms. The number of ether oxygens (including phenoxy) is 4. The number of anilines is 1. The molecule has 6 nitrogen and oxygen atoms in total. The van der Waals surface area contributed by atoms with Gasteiger partial charge in [0.05, 0.1) is 7.11 Å². The molecule has 3 aliphatic rings. The van der Waals surface area contributed by atoms with Crippen molar-refractivity contribution in [3.63, 3.8) is 0 Å². The Morgan fingerprint density at radius 1 is 1.12 bits per heavy atom. The molecule has 0 aliphatic carbocycles. The fraction of sp³-hybridized carbons (Fsp3) is 0.500. The number of methoxy groups -OCH3 is 1. The molecule has 1 fully saturated rings. The Morgan fingerprint density at radius 2 is 1.88 bits per heavy atom. The first-order chi connectivity index (χ1) is 15.1. The summed E-state index contributed by atoms with van der Waals surface area (Å²) in [5, 5.41) is 2.40. The van der Waals surface area contributed by atoms with Crippen LogP contribution >= 0.6 is 0 Å². The van der Waals surface area contributed by atoms with Gasteiger partial charge >= 0.3 is 6.05 Å². The van der Waals surface area contributed by atoms with E-state index in [0.29, 0.717) is 35.8 Å². The Bertz CT molecular complexity index is 1090. The monoisotopic (exact) mass is 446 g/mol. The Kier molecular flexibility index (Phi) is 4.71. The number of nitrogens with zero attached hydrogens (tertiary/aromatic N) is 1. The highest BCUT2D eigenvalue weighted by atomic mass is 19.3. The topological polar surface area (TPSA) is 52.2 Å². The molecule has 1 atom stereocenters. The maximum Gasteiger partial charge on any atom is 0.326 e. The molecular formula is C24H28F2N2O4. The largest absolute Gasteiger partial charge is 0.492 e. The molecule has 0 aromatic heterocycles. The van der Waals surface area contributed by atoms with Crippen molar-refractivity contribution in [1.82, 2.24) is 5.32 Å². The van der Waals surface area contributed by atoms with Crippen molar-refractivity contribution in [1.29, 1.82) is 0 Å². The number of halogens is 2. The molecule has 5 rings (SSSR count). The lowest BCUT2D eigenvalue weighted by Crippen LogP contribution is -2.57. The Morgan fingerprint density at radius 3 is 2.62 bits per heavy atom. The van der Waals surface area contributed by atoms with E-state index in [2.05, 4.69) is 5.32 Å². The minimum absolute atomic E-state index is 0.0951. The maximum atomic E-state index is 15.4. The van der Waals surface area contributed by atoms with Crippen LogP contribution in [0.2, 0.25) is 0 Å². The van der Waals surface area contributed by atoms with Gasteiger partial charge in [-0.3, -0.25) is 5.32 Å². The highest BCUT2D eigenvalue weighted by Crippen LogP contribution is 2.52. The smallest absolute Gasteiger partial charge is 0.326 e. The van der Waals surface area contributed by atoms with E-state index in [1.165, 1.54) is 0 Å². The lowest BCUT2D eigenvalue weighted by Gasteiger charge is -2.44. The molecule has 172 valence electrons. The summed E-state index contributed by atoms with van der Waals surface area (Å²) in [4.78, 5) is 1.80. The maximum absolute atomic E-state index is 15.4. The third-order valence-corrected chi connectivity index (χ3v) is 6.54. The molecule has 3 heterocycles. The summed E-state index contributed by atoms with van der Waals surface area (Å²) >= 11 is 0. The van der Waals surface area contributed by atoms with E-state index in [4.69, 9.17) is 18.9 Å². The summed E-state index contributed by atoms with van der Waals surface area (Å²) < 4.78 is 53.6. The molecule has 0 amide bonds. The molecule has 0 bridgehead atoms. The second-order valence-corrected chi connectivity index (χ2v) is 9.24. The van der Waals surface area contributed by atoms with E-state index >= 15 is 8.78 Å². The van der Waals surface area contributed by atoms with Gasteiger partial charge < -0.3 is 23.8 Å². The first kappa shape index (κ1) is 21.1. The minimum Gasteiger partial charge on any atom is -0.492 e. The number of hydrogen-bond acceptors (Lipinski definition) is 6. The predicted molar refractivity (Wildman–Crippen MR) is 116 cm³/mol. The highest BCUT2D eigenvalue weighted by molar-refractivity contribution is 5.74. The number of benzene rings is 2. The van der Waals surface area contributed by atoms with E-state index in [1.807, 2.05) is 27.7 Å². The van der Waals surface area contributed by atoms with Crippen LogP contribution in [0.15, 0.2) is 18.2 Å². The van der Waals surface area contributed by atoms with Crippen molar-refractivity contribution in [2.24, 2.45) is 0 Å². The van der Waals surface area contributed by atoms with Gasteiger partial charge in [-0.05, 0) is 51.0 Å². The fourth-order valence-electron chi connectivity index (χ4n) is 5.22. The number of alkyl halides is 2. The van der Waals surface area contributed by atoms with E-state index < -0.39 is 12.1 Å². The van der Waals surface area contributed by atoms with E-state index in [0.717, 1.165) is 28.1 Å².